The molecule has 1 saturated carbocycles. The molecule has 5 rings (SSSR count). The Kier molecular flexibility index (Phi) is 3.92. The van der Waals surface area contributed by atoms with E-state index in [2.05, 4.69) is 37.7 Å². The van der Waals surface area contributed by atoms with Gasteiger partial charge in [-0.15, -0.1) is 9.90 Å². The molecule has 2 aliphatic rings. The first-order valence-corrected chi connectivity index (χ1v) is 9.57. The van der Waals surface area contributed by atoms with Crippen LogP contribution < -0.4 is 5.43 Å². The lowest BCUT2D eigenvalue weighted by Crippen LogP contribution is -2.69. The number of hydrogen-bond donors (Lipinski definition) is 1. The van der Waals surface area contributed by atoms with E-state index in [1.54, 1.807) is 12.1 Å². The number of anilines is 1. The number of fused-ring (bicyclic) bond motifs is 2. The quantitative estimate of drug-likeness (QED) is 0.713. The van der Waals surface area contributed by atoms with E-state index < -0.39 is 5.95 Å². The zero-order valence-corrected chi connectivity index (χ0v) is 16.2. The van der Waals surface area contributed by atoms with E-state index in [4.69, 9.17) is 16.1 Å². The smallest absolute Gasteiger partial charge is 0.253 e. The molecule has 3 heterocycles. The Bertz CT molecular complexity index is 1040. The van der Waals surface area contributed by atoms with E-state index in [1.807, 2.05) is 13.0 Å². The normalized spacial score (nSPS) is 26.9. The highest BCUT2D eigenvalue weighted by molar-refractivity contribution is 6.32. The zero-order chi connectivity index (χ0) is 19.5. The number of hydrogen-bond acceptors (Lipinski definition) is 7. The van der Waals surface area contributed by atoms with Gasteiger partial charge in [0, 0.05) is 6.04 Å². The zero-order valence-electron chi connectivity index (χ0n) is 15.4. The molecule has 1 aromatic carbocycles. The number of piperidine rings is 1. The van der Waals surface area contributed by atoms with E-state index in [0.717, 1.165) is 31.1 Å². The Morgan fingerprint density at radius 2 is 2.21 bits per heavy atom. The van der Waals surface area contributed by atoms with Crippen molar-refractivity contribution in [3.8, 4) is 5.69 Å². The van der Waals surface area contributed by atoms with Crippen molar-refractivity contribution in [3.63, 3.8) is 0 Å². The molecule has 2 bridgehead atoms. The molecule has 1 aliphatic carbocycles. The summed E-state index contributed by atoms with van der Waals surface area (Å²) in [6, 6.07) is 5.78. The van der Waals surface area contributed by atoms with Crippen molar-refractivity contribution in [3.05, 3.63) is 47.1 Å². The summed E-state index contributed by atoms with van der Waals surface area (Å²) >= 11 is 6.27. The maximum absolute atomic E-state index is 13.3. The maximum atomic E-state index is 13.3. The number of aromatic nitrogens is 5. The van der Waals surface area contributed by atoms with Crippen molar-refractivity contribution in [1.82, 2.24) is 30.1 Å². The highest BCUT2D eigenvalue weighted by atomic mass is 35.5. The molecule has 0 amide bonds. The lowest BCUT2D eigenvalue weighted by Gasteiger charge is -2.61. The second-order valence-electron chi connectivity index (χ2n) is 7.69. The number of aryl methyl sites for hydroxylation is 1. The summed E-state index contributed by atoms with van der Waals surface area (Å²) in [7, 11) is 0. The monoisotopic (exact) mass is 403 g/mol. The fourth-order valence-electron chi connectivity index (χ4n) is 4.51. The average molecular weight is 404 g/mol. The third-order valence-electron chi connectivity index (χ3n) is 5.56. The van der Waals surface area contributed by atoms with Crippen LogP contribution >= 0.6 is 11.6 Å². The van der Waals surface area contributed by atoms with E-state index >= 15 is 0 Å². The van der Waals surface area contributed by atoms with Gasteiger partial charge in [-0.05, 0) is 50.3 Å². The standard InChI is InChI=1S/C18H19ClFN7O/c1-10-5-13-8-18(7-10,17-22-11(2)25-28-17)26(13)23-12-3-4-14(19)15(6-12)27-21-9-16(20)24-27/h3-4,6,9-10,13,23H,5,7-8H2,1-2H3/t10-,13+,18?/m0/s1. The first-order chi connectivity index (χ1) is 13.4. The molecule has 1 saturated heterocycles. The minimum absolute atomic E-state index is 0.320. The Morgan fingerprint density at radius 1 is 1.36 bits per heavy atom. The van der Waals surface area contributed by atoms with Crippen molar-refractivity contribution in [2.45, 2.75) is 44.7 Å². The van der Waals surface area contributed by atoms with E-state index in [0.29, 0.717) is 34.4 Å². The van der Waals surface area contributed by atoms with Gasteiger partial charge in [0.2, 0.25) is 5.89 Å². The van der Waals surface area contributed by atoms with Gasteiger partial charge >= 0.3 is 0 Å². The Morgan fingerprint density at radius 3 is 2.93 bits per heavy atom. The molecular weight excluding hydrogens is 385 g/mol. The van der Waals surface area contributed by atoms with Crippen LogP contribution in [0.25, 0.3) is 5.69 Å². The molecule has 8 nitrogen and oxygen atoms in total. The van der Waals surface area contributed by atoms with E-state index in [9.17, 15) is 4.39 Å². The van der Waals surface area contributed by atoms with Crippen LogP contribution in [0.2, 0.25) is 5.02 Å². The highest BCUT2D eigenvalue weighted by Crippen LogP contribution is 2.55. The molecular formula is C18H19ClFN7O. The third kappa shape index (κ3) is 2.68. The van der Waals surface area contributed by atoms with Gasteiger partial charge in [-0.3, -0.25) is 0 Å². The summed E-state index contributed by atoms with van der Waals surface area (Å²) in [5, 5.41) is 14.2. The minimum atomic E-state index is -0.661. The first kappa shape index (κ1) is 17.6. The van der Waals surface area contributed by atoms with Crippen LogP contribution in [0.1, 0.15) is 37.9 Å². The molecule has 10 heteroatoms. The lowest BCUT2D eigenvalue weighted by molar-refractivity contribution is -0.134. The fourth-order valence-corrected chi connectivity index (χ4v) is 4.70. The SMILES string of the molecule is Cc1noc(C23C[C@@H](C)C[C@H](C2)N3Nc2ccc(Cl)c(-n3ncc(F)n3)c2)n1. The molecule has 2 aromatic heterocycles. The summed E-state index contributed by atoms with van der Waals surface area (Å²) in [5.74, 6) is 1.18. The first-order valence-electron chi connectivity index (χ1n) is 9.19. The van der Waals surface area contributed by atoms with Crippen molar-refractivity contribution < 1.29 is 8.91 Å². The van der Waals surface area contributed by atoms with Gasteiger partial charge in [-0.1, -0.05) is 23.7 Å². The van der Waals surface area contributed by atoms with Gasteiger partial charge < -0.3 is 9.95 Å². The van der Waals surface area contributed by atoms with Crippen LogP contribution in [0.15, 0.2) is 28.9 Å². The Balaban J connectivity index is 1.47. The molecule has 1 unspecified atom stereocenters. The minimum Gasteiger partial charge on any atom is -0.337 e. The molecule has 2 fully saturated rings. The molecule has 0 spiro atoms. The molecule has 146 valence electrons. The second kappa shape index (κ2) is 6.25. The van der Waals surface area contributed by atoms with Crippen LogP contribution in [-0.4, -0.2) is 36.2 Å². The highest BCUT2D eigenvalue weighted by Gasteiger charge is 2.60. The van der Waals surface area contributed by atoms with Crippen molar-refractivity contribution >= 4 is 17.3 Å². The number of hydrazine groups is 1. The third-order valence-corrected chi connectivity index (χ3v) is 5.88. The van der Waals surface area contributed by atoms with Gasteiger partial charge in [0.05, 0.1) is 10.7 Å². The average Bonchev–Trinajstić information content (AvgIpc) is 3.29. The summed E-state index contributed by atoms with van der Waals surface area (Å²) in [5.41, 5.74) is 4.46. The van der Waals surface area contributed by atoms with E-state index in [1.165, 1.54) is 4.80 Å². The summed E-state index contributed by atoms with van der Waals surface area (Å²) in [6.45, 7) is 4.07. The summed E-state index contributed by atoms with van der Waals surface area (Å²) in [6.07, 6.45) is 4.04. The summed E-state index contributed by atoms with van der Waals surface area (Å²) in [4.78, 5) is 5.69. The Hall–Kier alpha value is -2.52. The molecule has 28 heavy (non-hydrogen) atoms. The van der Waals surface area contributed by atoms with Gasteiger partial charge in [0.1, 0.15) is 17.4 Å². The van der Waals surface area contributed by atoms with Crippen molar-refractivity contribution in [1.29, 1.82) is 0 Å². The van der Waals surface area contributed by atoms with E-state index in [-0.39, 0.29) is 5.54 Å². The lowest BCUT2D eigenvalue weighted by atomic mass is 9.65. The number of nitrogens with zero attached hydrogens (tertiary/aromatic N) is 6. The number of nitrogens with one attached hydrogen (secondary N) is 1. The van der Waals surface area contributed by atoms with Crippen molar-refractivity contribution in [2.24, 2.45) is 5.92 Å². The van der Waals surface area contributed by atoms with Crippen LogP contribution in [0, 0.1) is 18.8 Å². The van der Waals surface area contributed by atoms with Gasteiger partial charge in [0.25, 0.3) is 5.95 Å². The molecule has 1 N–H and O–H groups in total. The molecule has 0 radical (unpaired) electrons. The van der Waals surface area contributed by atoms with Crippen LogP contribution in [0.5, 0.6) is 0 Å². The van der Waals surface area contributed by atoms with Crippen molar-refractivity contribution in [2.75, 3.05) is 5.43 Å². The van der Waals surface area contributed by atoms with Crippen LogP contribution in [0.4, 0.5) is 10.1 Å². The number of benzene rings is 1. The predicted octanol–water partition coefficient (Wildman–Crippen LogP) is 3.48. The van der Waals surface area contributed by atoms with Gasteiger partial charge in [-0.25, -0.2) is 5.01 Å². The maximum Gasteiger partial charge on any atom is 0.253 e. The molecule has 3 aromatic rings. The van der Waals surface area contributed by atoms with Gasteiger partial charge in [-0.2, -0.15) is 14.5 Å². The largest absolute Gasteiger partial charge is 0.337 e. The number of halogens is 2. The number of rotatable bonds is 4. The summed E-state index contributed by atoms with van der Waals surface area (Å²) < 4.78 is 18.8. The van der Waals surface area contributed by atoms with Crippen LogP contribution in [0.3, 0.4) is 0 Å². The topological polar surface area (TPSA) is 84.9 Å². The van der Waals surface area contributed by atoms with Gasteiger partial charge in [0.15, 0.2) is 5.82 Å². The predicted molar refractivity (Wildman–Crippen MR) is 99.3 cm³/mol. The molecule has 1 aliphatic heterocycles. The fraction of sp³-hybridized carbons (Fsp3) is 0.444. The Labute approximate surface area is 165 Å². The second-order valence-corrected chi connectivity index (χ2v) is 8.09. The van der Waals surface area contributed by atoms with Crippen LogP contribution in [-0.2, 0) is 5.54 Å². The molecule has 3 atom stereocenters.